The van der Waals surface area contributed by atoms with E-state index in [1.54, 1.807) is 30.3 Å². The molecule has 4 nitrogen and oxygen atoms in total. The molecule has 102 valence electrons. The van der Waals surface area contributed by atoms with E-state index in [0.29, 0.717) is 11.1 Å². The molecule has 0 unspecified atom stereocenters. The zero-order valence-electron chi connectivity index (χ0n) is 10.2. The van der Waals surface area contributed by atoms with Gasteiger partial charge in [0.15, 0.2) is 5.84 Å². The van der Waals surface area contributed by atoms with Crippen molar-refractivity contribution in [1.29, 1.82) is 0 Å². The Labute approximate surface area is 132 Å². The minimum absolute atomic E-state index is 0.134. The smallest absolute Gasteiger partial charge is 0.365 e. The number of carbonyl (C=O) groups is 1. The molecule has 20 heavy (non-hydrogen) atoms. The minimum Gasteiger partial charge on any atom is -0.380 e. The molecule has 0 radical (unpaired) electrons. The Morgan fingerprint density at radius 2 is 1.55 bits per heavy atom. The third-order valence-corrected chi connectivity index (χ3v) is 3.39. The fourth-order valence-corrected chi connectivity index (χ4v) is 2.26. The lowest BCUT2D eigenvalue weighted by Crippen LogP contribution is -2.15. The molecule has 2 aromatic rings. The normalized spacial score (nSPS) is 11.2. The Morgan fingerprint density at radius 3 is 2.15 bits per heavy atom. The number of rotatable bonds is 3. The van der Waals surface area contributed by atoms with Gasteiger partial charge in [-0.2, -0.15) is 0 Å². The van der Waals surface area contributed by atoms with E-state index in [4.69, 9.17) is 10.6 Å². The summed E-state index contributed by atoms with van der Waals surface area (Å²) in [6, 6.07) is 14.1. The van der Waals surface area contributed by atoms with Crippen molar-refractivity contribution in [3.63, 3.8) is 0 Å². The molecule has 0 saturated heterocycles. The zero-order chi connectivity index (χ0) is 14.5. The lowest BCUT2D eigenvalue weighted by Gasteiger charge is -2.02. The summed E-state index contributed by atoms with van der Waals surface area (Å²) in [5, 5.41) is 3.65. The van der Waals surface area contributed by atoms with Crippen molar-refractivity contribution in [2.24, 2.45) is 10.9 Å². The first-order valence-electron chi connectivity index (χ1n) is 5.62. The van der Waals surface area contributed by atoms with Crippen molar-refractivity contribution in [3.05, 3.63) is 68.6 Å². The summed E-state index contributed by atoms with van der Waals surface area (Å²) in [5.41, 5.74) is 6.82. The molecule has 0 atom stereocenters. The molecule has 0 aromatic heterocycles. The highest BCUT2D eigenvalue weighted by Gasteiger charge is 2.08. The van der Waals surface area contributed by atoms with Gasteiger partial charge in [-0.05, 0) is 30.3 Å². The average molecular weight is 398 g/mol. The highest BCUT2D eigenvalue weighted by atomic mass is 79.9. The molecule has 0 aliphatic carbocycles. The maximum Gasteiger partial charge on any atom is 0.365 e. The van der Waals surface area contributed by atoms with Crippen molar-refractivity contribution in [2.75, 3.05) is 0 Å². The van der Waals surface area contributed by atoms with Gasteiger partial charge in [-0.25, -0.2) is 4.79 Å². The van der Waals surface area contributed by atoms with E-state index in [-0.39, 0.29) is 5.84 Å². The van der Waals surface area contributed by atoms with Crippen molar-refractivity contribution in [2.45, 2.75) is 0 Å². The van der Waals surface area contributed by atoms with E-state index in [2.05, 4.69) is 37.0 Å². The van der Waals surface area contributed by atoms with E-state index in [1.807, 2.05) is 18.2 Å². The number of hydrogen-bond acceptors (Lipinski definition) is 3. The fraction of sp³-hybridized carbons (Fsp3) is 0. The van der Waals surface area contributed by atoms with Crippen molar-refractivity contribution >= 4 is 43.7 Å². The number of amidine groups is 1. The topological polar surface area (TPSA) is 64.7 Å². The predicted molar refractivity (Wildman–Crippen MR) is 84.4 cm³/mol. The van der Waals surface area contributed by atoms with Gasteiger partial charge < -0.3 is 10.6 Å². The second kappa shape index (κ2) is 6.67. The maximum absolute atomic E-state index is 11.8. The first-order valence-corrected chi connectivity index (χ1v) is 7.21. The van der Waals surface area contributed by atoms with Crippen LogP contribution in [0.4, 0.5) is 0 Å². The summed E-state index contributed by atoms with van der Waals surface area (Å²) in [6.07, 6.45) is 0. The molecule has 2 N–H and O–H groups in total. The van der Waals surface area contributed by atoms with Gasteiger partial charge in [0.25, 0.3) is 0 Å². The average Bonchev–Trinajstić information content (AvgIpc) is 2.44. The minimum atomic E-state index is -0.566. The van der Waals surface area contributed by atoms with E-state index in [9.17, 15) is 4.79 Å². The SMILES string of the molecule is NC(=NOC(=O)c1cccc(Br)c1)c1cccc(Br)c1. The number of nitrogens with zero attached hydrogens (tertiary/aromatic N) is 1. The molecule has 0 spiro atoms. The molecule has 0 aliphatic heterocycles. The van der Waals surface area contributed by atoms with Crippen LogP contribution in [0, 0.1) is 0 Å². The van der Waals surface area contributed by atoms with Crippen molar-refractivity contribution < 1.29 is 9.63 Å². The number of oxime groups is 1. The molecular weight excluding hydrogens is 388 g/mol. The highest BCUT2D eigenvalue weighted by Crippen LogP contribution is 2.13. The Morgan fingerprint density at radius 1 is 1.00 bits per heavy atom. The Balaban J connectivity index is 2.11. The predicted octanol–water partition coefficient (Wildman–Crippen LogP) is 3.69. The number of benzene rings is 2. The van der Waals surface area contributed by atoms with Crippen LogP contribution >= 0.6 is 31.9 Å². The molecular formula is C14H10Br2N2O2. The van der Waals surface area contributed by atoms with E-state index >= 15 is 0 Å². The van der Waals surface area contributed by atoms with Gasteiger partial charge in [0.05, 0.1) is 5.56 Å². The lowest BCUT2D eigenvalue weighted by atomic mass is 10.2. The quantitative estimate of drug-likeness (QED) is 0.371. The van der Waals surface area contributed by atoms with Crippen LogP contribution in [0.3, 0.4) is 0 Å². The zero-order valence-corrected chi connectivity index (χ0v) is 13.4. The molecule has 6 heteroatoms. The van der Waals surface area contributed by atoms with E-state index in [0.717, 1.165) is 8.95 Å². The Hall–Kier alpha value is -1.66. The third kappa shape index (κ3) is 3.91. The number of nitrogens with two attached hydrogens (primary N) is 1. The number of hydrogen-bond donors (Lipinski definition) is 1. The van der Waals surface area contributed by atoms with Crippen LogP contribution in [0.5, 0.6) is 0 Å². The van der Waals surface area contributed by atoms with Gasteiger partial charge in [-0.15, -0.1) is 0 Å². The Bertz CT molecular complexity index is 672. The van der Waals surface area contributed by atoms with Gasteiger partial charge in [-0.1, -0.05) is 55.2 Å². The molecule has 0 amide bonds. The monoisotopic (exact) mass is 396 g/mol. The van der Waals surface area contributed by atoms with Crippen molar-refractivity contribution in [1.82, 2.24) is 0 Å². The lowest BCUT2D eigenvalue weighted by molar-refractivity contribution is 0.0516. The largest absolute Gasteiger partial charge is 0.380 e. The molecule has 0 fully saturated rings. The molecule has 2 aromatic carbocycles. The molecule has 2 rings (SSSR count). The highest BCUT2D eigenvalue weighted by molar-refractivity contribution is 9.10. The fourth-order valence-electron chi connectivity index (χ4n) is 1.46. The summed E-state index contributed by atoms with van der Waals surface area (Å²) in [6.45, 7) is 0. The molecule has 0 aliphatic rings. The number of halogens is 2. The summed E-state index contributed by atoms with van der Waals surface area (Å²) in [7, 11) is 0. The number of carbonyl (C=O) groups excluding carboxylic acids is 1. The first-order chi connectivity index (χ1) is 9.56. The second-order valence-corrected chi connectivity index (χ2v) is 5.71. The summed E-state index contributed by atoms with van der Waals surface area (Å²) in [4.78, 5) is 16.6. The first kappa shape index (κ1) is 14.7. The second-order valence-electron chi connectivity index (χ2n) is 3.88. The summed E-state index contributed by atoms with van der Waals surface area (Å²) in [5.74, 6) is -0.432. The van der Waals surface area contributed by atoms with Gasteiger partial charge >= 0.3 is 5.97 Å². The van der Waals surface area contributed by atoms with Crippen LogP contribution in [0.15, 0.2) is 62.6 Å². The molecule has 0 saturated carbocycles. The van der Waals surface area contributed by atoms with Gasteiger partial charge in [0.1, 0.15) is 0 Å². The van der Waals surface area contributed by atoms with Gasteiger partial charge in [0, 0.05) is 14.5 Å². The Kier molecular flexibility index (Phi) is 4.92. The maximum atomic E-state index is 11.8. The summed E-state index contributed by atoms with van der Waals surface area (Å²) < 4.78 is 1.65. The van der Waals surface area contributed by atoms with Crippen LogP contribution in [0.2, 0.25) is 0 Å². The van der Waals surface area contributed by atoms with Crippen LogP contribution in [0.1, 0.15) is 15.9 Å². The third-order valence-electron chi connectivity index (χ3n) is 2.41. The van der Waals surface area contributed by atoms with Crippen LogP contribution in [-0.4, -0.2) is 11.8 Å². The van der Waals surface area contributed by atoms with Gasteiger partial charge in [-0.3, -0.25) is 0 Å². The van der Waals surface area contributed by atoms with Crippen LogP contribution < -0.4 is 5.73 Å². The van der Waals surface area contributed by atoms with Crippen molar-refractivity contribution in [3.8, 4) is 0 Å². The standard InChI is InChI=1S/C14H10Br2N2O2/c15-11-5-1-3-9(7-11)13(17)18-20-14(19)10-4-2-6-12(16)8-10/h1-8H,(H2,17,18). The molecule has 0 heterocycles. The van der Waals surface area contributed by atoms with E-state index < -0.39 is 5.97 Å². The van der Waals surface area contributed by atoms with E-state index in [1.165, 1.54) is 0 Å². The van der Waals surface area contributed by atoms with Gasteiger partial charge in [0.2, 0.25) is 0 Å². The van der Waals surface area contributed by atoms with Crippen LogP contribution in [0.25, 0.3) is 0 Å². The van der Waals surface area contributed by atoms with Crippen LogP contribution in [-0.2, 0) is 4.84 Å². The summed E-state index contributed by atoms with van der Waals surface area (Å²) >= 11 is 6.61. The molecule has 0 bridgehead atoms.